The number of hydrogen-bond donors (Lipinski definition) is 3. The second-order valence-electron chi connectivity index (χ2n) is 10.5. The number of nitrogens with two attached hydrogens (primary N) is 1. The molecule has 8 nitrogen and oxygen atoms in total. The quantitative estimate of drug-likeness (QED) is 0.295. The lowest BCUT2D eigenvalue weighted by molar-refractivity contribution is -0.0985. The van der Waals surface area contributed by atoms with Gasteiger partial charge in [-0.15, -0.1) is 22.7 Å². The number of nitrogens with zero attached hydrogens (tertiary/aromatic N) is 2. The third kappa shape index (κ3) is 11.6. The molecule has 1 saturated heterocycles. The molecular weight excluding hydrogens is 680 g/mol. The van der Waals surface area contributed by atoms with E-state index in [9.17, 15) is 4.79 Å². The number of ether oxygens (including phenoxy) is 2. The van der Waals surface area contributed by atoms with Gasteiger partial charge < -0.3 is 25.6 Å². The Morgan fingerprint density at radius 2 is 1.38 bits per heavy atom. The summed E-state index contributed by atoms with van der Waals surface area (Å²) < 4.78 is 12.4. The molecule has 0 radical (unpaired) electrons. The first-order valence-corrected chi connectivity index (χ1v) is 16.8. The number of nitrogens with one attached hydrogen (secondary N) is 1. The predicted molar refractivity (Wildman–Crippen MR) is 171 cm³/mol. The van der Waals surface area contributed by atoms with E-state index in [4.69, 9.17) is 20.3 Å². The number of aliphatic hydroxyl groups excluding tert-OH is 1. The zero-order valence-electron chi connectivity index (χ0n) is 21.5. The Morgan fingerprint density at radius 1 is 0.900 bits per heavy atom. The smallest absolute Gasteiger partial charge is 0.407 e. The monoisotopic (exact) mass is 724 g/mol. The molecule has 4 fully saturated rings. The van der Waals surface area contributed by atoms with Gasteiger partial charge in [0.25, 0.3) is 0 Å². The molecule has 0 aromatic carbocycles. The summed E-state index contributed by atoms with van der Waals surface area (Å²) in [6, 6.07) is 0.655. The highest BCUT2D eigenvalue weighted by molar-refractivity contribution is 9.11. The zero-order valence-corrected chi connectivity index (χ0v) is 26.3. The van der Waals surface area contributed by atoms with Crippen LogP contribution >= 0.6 is 54.5 Å². The number of alkyl carbamates (subject to hydrolysis) is 1. The van der Waals surface area contributed by atoms with Crippen molar-refractivity contribution >= 4 is 60.6 Å². The molecule has 0 atom stereocenters. The van der Waals surface area contributed by atoms with Crippen LogP contribution in [0.3, 0.4) is 0 Å². The first kappa shape index (κ1) is 35.6. The maximum atomic E-state index is 11.7. The van der Waals surface area contributed by atoms with Gasteiger partial charge in [-0.2, -0.15) is 0 Å². The Kier molecular flexibility index (Phi) is 16.1. The standard InChI is InChI=1S/C13H17BrN2O3S.C9H13BrN2S.C4H8O.2CH4/c14-11-5-15-12(20-11)8-1-3-9(4-2-8)16-13(17)19-10-6-18-7-10;10-8-5-12-9(13-8)6-1-3-7(11)4-2-6;5-4-2-1-3-4;;/h5,8-10H,1-4,6-7H2,(H,16,17);5-7H,1-4,11H2;4-5H,1-3H2;2*1H4. The topological polar surface area (TPSA) is 120 Å². The molecule has 6 rings (SSSR count). The van der Waals surface area contributed by atoms with Gasteiger partial charge in [-0.3, -0.25) is 0 Å². The molecule has 1 amide bonds. The lowest BCUT2D eigenvalue weighted by atomic mass is 9.86. The number of hydrogen-bond acceptors (Lipinski definition) is 9. The summed E-state index contributed by atoms with van der Waals surface area (Å²) in [5, 5.41) is 13.9. The normalized spacial score (nSPS) is 26.1. The molecule has 0 unspecified atom stereocenters. The molecule has 2 aromatic heterocycles. The molecule has 0 bridgehead atoms. The summed E-state index contributed by atoms with van der Waals surface area (Å²) >= 11 is 10.4. The minimum Gasteiger partial charge on any atom is -0.441 e. The molecule has 3 heterocycles. The number of halogens is 2. The highest BCUT2D eigenvalue weighted by atomic mass is 79.9. The maximum absolute atomic E-state index is 11.7. The minimum atomic E-state index is -0.307. The van der Waals surface area contributed by atoms with Crippen molar-refractivity contribution in [1.29, 1.82) is 0 Å². The van der Waals surface area contributed by atoms with E-state index in [0.717, 1.165) is 58.9 Å². The van der Waals surface area contributed by atoms with Crippen LogP contribution in [-0.2, 0) is 9.47 Å². The van der Waals surface area contributed by atoms with Crippen molar-refractivity contribution in [2.75, 3.05) is 13.2 Å². The van der Waals surface area contributed by atoms with Gasteiger partial charge in [0, 0.05) is 23.9 Å². The van der Waals surface area contributed by atoms with Gasteiger partial charge in [-0.05, 0) is 102 Å². The molecule has 3 saturated carbocycles. The maximum Gasteiger partial charge on any atom is 0.407 e. The van der Waals surface area contributed by atoms with E-state index >= 15 is 0 Å². The molecule has 40 heavy (non-hydrogen) atoms. The minimum absolute atomic E-state index is 0. The van der Waals surface area contributed by atoms with E-state index < -0.39 is 0 Å². The van der Waals surface area contributed by atoms with Gasteiger partial charge in [0.2, 0.25) is 0 Å². The average molecular weight is 727 g/mol. The molecule has 0 spiro atoms. The van der Waals surface area contributed by atoms with Crippen LogP contribution in [0.25, 0.3) is 0 Å². The van der Waals surface area contributed by atoms with Crippen molar-refractivity contribution in [2.24, 2.45) is 5.73 Å². The Hall–Kier alpha value is -0.630. The summed E-state index contributed by atoms with van der Waals surface area (Å²) in [5.74, 6) is 1.19. The third-order valence-electron chi connectivity index (χ3n) is 7.47. The average Bonchev–Trinajstić information content (AvgIpc) is 3.50. The van der Waals surface area contributed by atoms with Crippen LogP contribution in [0, 0.1) is 0 Å². The van der Waals surface area contributed by atoms with E-state index in [0.29, 0.717) is 31.1 Å². The zero-order chi connectivity index (χ0) is 26.9. The number of carbonyl (C=O) groups is 1. The third-order valence-corrected chi connectivity index (χ3v) is 10.7. The van der Waals surface area contributed by atoms with E-state index in [1.54, 1.807) is 22.7 Å². The lowest BCUT2D eigenvalue weighted by Crippen LogP contribution is -2.44. The lowest BCUT2D eigenvalue weighted by Gasteiger charge is -2.30. The fraction of sp³-hybridized carbons (Fsp3) is 0.750. The summed E-state index contributed by atoms with van der Waals surface area (Å²) in [5.41, 5.74) is 5.85. The van der Waals surface area contributed by atoms with Crippen molar-refractivity contribution in [3.63, 3.8) is 0 Å². The molecule has 3 aliphatic carbocycles. The van der Waals surface area contributed by atoms with Crippen molar-refractivity contribution in [1.82, 2.24) is 15.3 Å². The van der Waals surface area contributed by atoms with Gasteiger partial charge >= 0.3 is 6.09 Å². The van der Waals surface area contributed by atoms with Gasteiger partial charge in [0.05, 0.1) is 49.3 Å². The largest absolute Gasteiger partial charge is 0.441 e. The van der Waals surface area contributed by atoms with Crippen LogP contribution in [0.2, 0.25) is 0 Å². The number of rotatable bonds is 4. The van der Waals surface area contributed by atoms with Crippen LogP contribution in [0.15, 0.2) is 20.0 Å². The van der Waals surface area contributed by atoms with E-state index in [2.05, 4.69) is 47.1 Å². The summed E-state index contributed by atoms with van der Waals surface area (Å²) in [6.07, 6.45) is 15.6. The number of carbonyl (C=O) groups excluding carboxylic acids is 1. The molecule has 4 N–H and O–H groups in total. The second kappa shape index (κ2) is 18.1. The van der Waals surface area contributed by atoms with Crippen LogP contribution in [0.1, 0.15) is 107 Å². The van der Waals surface area contributed by atoms with Gasteiger partial charge in [-0.25, -0.2) is 14.8 Å². The molecule has 1 aliphatic heterocycles. The van der Waals surface area contributed by atoms with E-state index in [-0.39, 0.29) is 39.2 Å². The predicted octanol–water partition coefficient (Wildman–Crippen LogP) is 7.75. The molecule has 4 aliphatic rings. The number of aromatic nitrogens is 2. The van der Waals surface area contributed by atoms with Crippen LogP contribution in [0.4, 0.5) is 4.79 Å². The number of amides is 1. The Morgan fingerprint density at radius 3 is 1.73 bits per heavy atom. The van der Waals surface area contributed by atoms with Crippen molar-refractivity contribution in [2.45, 2.75) is 122 Å². The summed E-state index contributed by atoms with van der Waals surface area (Å²) in [4.78, 5) is 20.5. The Balaban J connectivity index is 0.000000241. The molecule has 12 heteroatoms. The summed E-state index contributed by atoms with van der Waals surface area (Å²) in [6.45, 7) is 1.05. The fourth-order valence-electron chi connectivity index (χ4n) is 4.78. The van der Waals surface area contributed by atoms with Gasteiger partial charge in [0.15, 0.2) is 6.10 Å². The Labute approximate surface area is 264 Å². The second-order valence-corrected chi connectivity index (χ2v) is 15.3. The van der Waals surface area contributed by atoms with Crippen molar-refractivity contribution in [3.05, 3.63) is 30.0 Å². The van der Waals surface area contributed by atoms with Gasteiger partial charge in [0.1, 0.15) is 0 Å². The van der Waals surface area contributed by atoms with E-state index in [1.807, 2.05) is 12.4 Å². The van der Waals surface area contributed by atoms with Crippen LogP contribution in [0.5, 0.6) is 0 Å². The van der Waals surface area contributed by atoms with Crippen LogP contribution in [-0.4, -0.2) is 58.7 Å². The fourth-order valence-corrected chi connectivity index (χ4v) is 7.61. The number of thiazole rings is 2. The van der Waals surface area contributed by atoms with Crippen molar-refractivity contribution < 1.29 is 19.4 Å². The Bertz CT molecular complexity index is 987. The highest BCUT2D eigenvalue weighted by Gasteiger charge is 2.28. The van der Waals surface area contributed by atoms with E-state index in [1.165, 1.54) is 29.3 Å². The molecular formula is C28H46Br2N4O4S2. The van der Waals surface area contributed by atoms with Crippen LogP contribution < -0.4 is 11.1 Å². The molecule has 2 aromatic rings. The SMILES string of the molecule is C.C.NC1CCC(c2ncc(Br)s2)CC1.O=C(NC1CCC(c2ncc(Br)s2)CC1)OC1COC1.OC1CCC1. The number of aliphatic hydroxyl groups is 1. The first-order valence-electron chi connectivity index (χ1n) is 13.6. The molecule has 228 valence electrons. The van der Waals surface area contributed by atoms with Gasteiger partial charge in [-0.1, -0.05) is 14.9 Å². The van der Waals surface area contributed by atoms with Crippen molar-refractivity contribution in [3.8, 4) is 0 Å². The summed E-state index contributed by atoms with van der Waals surface area (Å²) in [7, 11) is 0. The highest BCUT2D eigenvalue weighted by Crippen LogP contribution is 2.37. The first-order chi connectivity index (χ1) is 18.4.